The van der Waals surface area contributed by atoms with Crippen molar-refractivity contribution in [1.29, 1.82) is 0 Å². The quantitative estimate of drug-likeness (QED) is 0.841. The minimum atomic E-state index is 0.719. The summed E-state index contributed by atoms with van der Waals surface area (Å²) in [5, 5.41) is 5.13. The van der Waals surface area contributed by atoms with Crippen molar-refractivity contribution in [2.75, 3.05) is 26.8 Å². The maximum Gasteiger partial charge on any atom is 0.131 e. The number of methoxy groups -OCH3 is 1. The molecule has 0 aromatic carbocycles. The Kier molecular flexibility index (Phi) is 4.65. The van der Waals surface area contributed by atoms with Gasteiger partial charge in [-0.1, -0.05) is 11.6 Å². The van der Waals surface area contributed by atoms with Crippen molar-refractivity contribution < 1.29 is 4.74 Å². The molecule has 0 bridgehead atoms. The number of ether oxygens (including phenoxy) is 1. The first-order chi connectivity index (χ1) is 8.61. The Morgan fingerprint density at radius 1 is 1.39 bits per heavy atom. The highest BCUT2D eigenvalue weighted by Crippen LogP contribution is 2.24. The van der Waals surface area contributed by atoms with Crippen LogP contribution in [0.5, 0.6) is 0 Å². The van der Waals surface area contributed by atoms with E-state index < -0.39 is 0 Å². The lowest BCUT2D eigenvalue weighted by atomic mass is 9.97. The molecule has 0 N–H and O–H groups in total. The molecule has 0 spiro atoms. The third kappa shape index (κ3) is 3.05. The third-order valence-electron chi connectivity index (χ3n) is 3.76. The van der Waals surface area contributed by atoms with Crippen molar-refractivity contribution in [3.63, 3.8) is 0 Å². The van der Waals surface area contributed by atoms with Crippen molar-refractivity contribution in [3.05, 3.63) is 16.4 Å². The zero-order chi connectivity index (χ0) is 13.1. The predicted octanol–water partition coefficient (Wildman–Crippen LogP) is 2.24. The molecular formula is C13H22ClN3O. The minimum Gasteiger partial charge on any atom is -0.384 e. The number of piperidine rings is 1. The average molecular weight is 272 g/mol. The molecule has 1 aliphatic rings. The van der Waals surface area contributed by atoms with Gasteiger partial charge in [0, 0.05) is 32.9 Å². The van der Waals surface area contributed by atoms with Crippen LogP contribution in [0.4, 0.5) is 0 Å². The smallest absolute Gasteiger partial charge is 0.131 e. The van der Waals surface area contributed by atoms with Gasteiger partial charge < -0.3 is 4.74 Å². The van der Waals surface area contributed by atoms with Gasteiger partial charge in [0.2, 0.25) is 0 Å². The second-order valence-electron chi connectivity index (χ2n) is 5.15. The number of likely N-dealkylation sites (tertiary alicyclic amines) is 1. The van der Waals surface area contributed by atoms with E-state index in [-0.39, 0.29) is 0 Å². The molecule has 5 heteroatoms. The molecule has 0 saturated carbocycles. The molecule has 1 saturated heterocycles. The molecule has 18 heavy (non-hydrogen) atoms. The summed E-state index contributed by atoms with van der Waals surface area (Å²) in [6.07, 6.45) is 2.43. The maximum absolute atomic E-state index is 6.27. The number of aromatic nitrogens is 2. The van der Waals surface area contributed by atoms with Crippen LogP contribution in [0, 0.1) is 12.8 Å². The Morgan fingerprint density at radius 2 is 2.06 bits per heavy atom. The Hall–Kier alpha value is -0.580. The van der Waals surface area contributed by atoms with E-state index in [1.54, 1.807) is 11.8 Å². The van der Waals surface area contributed by atoms with Crippen LogP contribution in [0.25, 0.3) is 0 Å². The fourth-order valence-corrected chi connectivity index (χ4v) is 2.86. The number of aryl methyl sites for hydroxylation is 2. The molecule has 4 nitrogen and oxygen atoms in total. The number of nitrogens with zero attached hydrogens (tertiary/aromatic N) is 3. The van der Waals surface area contributed by atoms with Crippen LogP contribution in [0.2, 0.25) is 5.15 Å². The molecule has 0 radical (unpaired) electrons. The first-order valence-corrected chi connectivity index (χ1v) is 6.89. The molecule has 2 heterocycles. The minimum absolute atomic E-state index is 0.719. The second kappa shape index (κ2) is 6.04. The van der Waals surface area contributed by atoms with E-state index in [1.807, 2.05) is 14.0 Å². The van der Waals surface area contributed by atoms with Crippen molar-refractivity contribution in [2.45, 2.75) is 26.3 Å². The zero-order valence-corrected chi connectivity index (χ0v) is 12.2. The zero-order valence-electron chi connectivity index (χ0n) is 11.4. The first-order valence-electron chi connectivity index (χ1n) is 6.51. The monoisotopic (exact) mass is 271 g/mol. The Bertz CT molecular complexity index is 397. The number of hydrogen-bond donors (Lipinski definition) is 0. The lowest BCUT2D eigenvalue weighted by Gasteiger charge is -2.31. The van der Waals surface area contributed by atoms with Crippen LogP contribution in [0.15, 0.2) is 0 Å². The SMILES string of the molecule is COCC1CCN(Cc2c(C)nn(C)c2Cl)CC1. The van der Waals surface area contributed by atoms with Crippen molar-refractivity contribution in [3.8, 4) is 0 Å². The molecule has 1 aliphatic heterocycles. The molecule has 102 valence electrons. The highest BCUT2D eigenvalue weighted by atomic mass is 35.5. The lowest BCUT2D eigenvalue weighted by molar-refractivity contribution is 0.0967. The van der Waals surface area contributed by atoms with Gasteiger partial charge in [-0.05, 0) is 38.8 Å². The highest BCUT2D eigenvalue weighted by Gasteiger charge is 2.21. The summed E-state index contributed by atoms with van der Waals surface area (Å²) in [4.78, 5) is 2.46. The Morgan fingerprint density at radius 3 is 2.56 bits per heavy atom. The standard InChI is InChI=1S/C13H22ClN3O/c1-10-12(13(14)16(2)15-10)8-17-6-4-11(5-7-17)9-18-3/h11H,4-9H2,1-3H3. The molecule has 0 amide bonds. The van der Waals surface area contributed by atoms with Crippen LogP contribution in [-0.2, 0) is 18.3 Å². The normalized spacial score (nSPS) is 18.4. The summed E-state index contributed by atoms with van der Waals surface area (Å²) in [6, 6.07) is 0. The fourth-order valence-electron chi connectivity index (χ4n) is 2.62. The van der Waals surface area contributed by atoms with Gasteiger partial charge in [0.1, 0.15) is 5.15 Å². The predicted molar refractivity (Wildman–Crippen MR) is 72.8 cm³/mol. The molecule has 1 aromatic heterocycles. The van der Waals surface area contributed by atoms with Gasteiger partial charge in [0.25, 0.3) is 0 Å². The second-order valence-corrected chi connectivity index (χ2v) is 5.51. The average Bonchev–Trinajstić information content (AvgIpc) is 2.59. The summed E-state index contributed by atoms with van der Waals surface area (Å²) in [6.45, 7) is 6.08. The van der Waals surface area contributed by atoms with Crippen LogP contribution in [0.3, 0.4) is 0 Å². The van der Waals surface area contributed by atoms with Crippen molar-refractivity contribution in [2.24, 2.45) is 13.0 Å². The largest absolute Gasteiger partial charge is 0.384 e. The van der Waals surface area contributed by atoms with E-state index in [0.29, 0.717) is 0 Å². The van der Waals surface area contributed by atoms with Crippen LogP contribution in [0.1, 0.15) is 24.1 Å². The number of hydrogen-bond acceptors (Lipinski definition) is 3. The summed E-state index contributed by atoms with van der Waals surface area (Å²) in [7, 11) is 3.68. The Labute approximate surface area is 114 Å². The Balaban J connectivity index is 1.91. The maximum atomic E-state index is 6.27. The highest BCUT2D eigenvalue weighted by molar-refractivity contribution is 6.30. The molecule has 1 fully saturated rings. The summed E-state index contributed by atoms with van der Waals surface area (Å²) < 4.78 is 6.98. The van der Waals surface area contributed by atoms with E-state index in [2.05, 4.69) is 10.00 Å². The molecular weight excluding hydrogens is 250 g/mol. The fraction of sp³-hybridized carbons (Fsp3) is 0.769. The van der Waals surface area contributed by atoms with Crippen LogP contribution < -0.4 is 0 Å². The molecule has 2 rings (SSSR count). The van der Waals surface area contributed by atoms with Crippen LogP contribution >= 0.6 is 11.6 Å². The first kappa shape index (κ1) is 13.8. The summed E-state index contributed by atoms with van der Waals surface area (Å²) >= 11 is 6.27. The molecule has 0 aliphatic carbocycles. The van der Waals surface area contributed by atoms with Gasteiger partial charge in [-0.3, -0.25) is 9.58 Å². The topological polar surface area (TPSA) is 30.3 Å². The summed E-state index contributed by atoms with van der Waals surface area (Å²) in [5.41, 5.74) is 2.21. The lowest BCUT2D eigenvalue weighted by Crippen LogP contribution is -2.34. The molecule has 1 aromatic rings. The van der Waals surface area contributed by atoms with Crippen molar-refractivity contribution in [1.82, 2.24) is 14.7 Å². The molecule has 0 atom stereocenters. The van der Waals surface area contributed by atoms with Gasteiger partial charge >= 0.3 is 0 Å². The van der Waals surface area contributed by atoms with Gasteiger partial charge in [-0.15, -0.1) is 0 Å². The van der Waals surface area contributed by atoms with Gasteiger partial charge in [0.05, 0.1) is 5.69 Å². The number of rotatable bonds is 4. The summed E-state index contributed by atoms with van der Waals surface area (Å²) in [5.74, 6) is 0.719. The van der Waals surface area contributed by atoms with Gasteiger partial charge in [0.15, 0.2) is 0 Å². The van der Waals surface area contributed by atoms with E-state index in [9.17, 15) is 0 Å². The van der Waals surface area contributed by atoms with E-state index in [1.165, 1.54) is 18.4 Å². The van der Waals surface area contributed by atoms with Crippen molar-refractivity contribution >= 4 is 11.6 Å². The van der Waals surface area contributed by atoms with Gasteiger partial charge in [-0.25, -0.2) is 0 Å². The third-order valence-corrected chi connectivity index (χ3v) is 4.23. The van der Waals surface area contributed by atoms with E-state index >= 15 is 0 Å². The van der Waals surface area contributed by atoms with Crippen LogP contribution in [-0.4, -0.2) is 41.5 Å². The number of halogens is 1. The molecule has 0 unspecified atom stereocenters. The van der Waals surface area contributed by atoms with Gasteiger partial charge in [-0.2, -0.15) is 5.10 Å². The van der Waals surface area contributed by atoms with E-state index in [4.69, 9.17) is 16.3 Å². The van der Waals surface area contributed by atoms with E-state index in [0.717, 1.165) is 43.0 Å².